The molecule has 0 aliphatic carbocycles. The molecule has 2 aromatic carbocycles. The topological polar surface area (TPSA) is 124 Å². The molecule has 0 saturated carbocycles. The lowest BCUT2D eigenvalue weighted by Gasteiger charge is -2.19. The van der Waals surface area contributed by atoms with Crippen molar-refractivity contribution in [3.8, 4) is 29.0 Å². The van der Waals surface area contributed by atoms with E-state index in [0.717, 1.165) is 17.4 Å². The number of hydrogen-bond acceptors (Lipinski definition) is 9. The number of nitriles is 2. The second-order valence-corrected chi connectivity index (χ2v) is 12.1. The van der Waals surface area contributed by atoms with Crippen LogP contribution in [0, 0.1) is 34.3 Å². The standard InChI is InChI=1S/C28H22F2N6O3S2/c1-12-11-36(5)24-19-21(33-26(34-24)40-6)20(30)17(14(9-31)22(19)38-12)13-7-8-16(29)23-18(13)15(10-32)25(41-23)35-27(37)39-28(2,3)4/h7-8,12H,5,11H2,1-4,6H3/p+1/t12-/m0/s1. The summed E-state index contributed by atoms with van der Waals surface area (Å²) >= 11 is 2.01. The number of carbonyl (C=O) groups excluding carboxylic acids is 1. The van der Waals surface area contributed by atoms with Crippen LogP contribution < -0.4 is 10.1 Å². The molecule has 0 fully saturated rings. The summed E-state index contributed by atoms with van der Waals surface area (Å²) in [6.07, 6.45) is 0.446. The van der Waals surface area contributed by atoms with E-state index in [4.69, 9.17) is 9.47 Å². The summed E-state index contributed by atoms with van der Waals surface area (Å²) < 4.78 is 44.8. The maximum atomic E-state index is 16.7. The van der Waals surface area contributed by atoms with E-state index < -0.39 is 29.4 Å². The summed E-state index contributed by atoms with van der Waals surface area (Å²) in [6, 6.07) is 6.47. The van der Waals surface area contributed by atoms with Crippen LogP contribution >= 0.6 is 23.1 Å². The van der Waals surface area contributed by atoms with Crippen LogP contribution in [0.2, 0.25) is 0 Å². The zero-order valence-corrected chi connectivity index (χ0v) is 24.3. The van der Waals surface area contributed by atoms with Gasteiger partial charge in [0.2, 0.25) is 0 Å². The van der Waals surface area contributed by atoms with Crippen molar-refractivity contribution >= 4 is 67.7 Å². The second kappa shape index (κ2) is 10.3. The third-order valence-corrected chi connectivity index (χ3v) is 7.84. The average Bonchev–Trinajstić information content (AvgIpc) is 3.21. The molecule has 0 saturated heterocycles. The number of nitrogens with zero attached hydrogens (tertiary/aromatic N) is 5. The highest BCUT2D eigenvalue weighted by Crippen LogP contribution is 2.49. The van der Waals surface area contributed by atoms with E-state index in [0.29, 0.717) is 12.4 Å². The van der Waals surface area contributed by atoms with Crippen molar-refractivity contribution in [3.05, 3.63) is 34.9 Å². The van der Waals surface area contributed by atoms with Gasteiger partial charge in [0.15, 0.2) is 11.6 Å². The number of anilines is 1. The average molecular weight is 594 g/mol. The van der Waals surface area contributed by atoms with Crippen molar-refractivity contribution in [2.75, 3.05) is 18.1 Å². The highest BCUT2D eigenvalue weighted by molar-refractivity contribution is 7.98. The van der Waals surface area contributed by atoms with E-state index in [9.17, 15) is 15.3 Å². The second-order valence-electron chi connectivity index (χ2n) is 10.3. The highest BCUT2D eigenvalue weighted by Gasteiger charge is 2.35. The maximum Gasteiger partial charge on any atom is 0.412 e. The molecule has 41 heavy (non-hydrogen) atoms. The van der Waals surface area contributed by atoms with Crippen LogP contribution in [0.25, 0.3) is 32.1 Å². The molecule has 1 amide bonds. The van der Waals surface area contributed by atoms with Gasteiger partial charge in [0.25, 0.3) is 0 Å². The summed E-state index contributed by atoms with van der Waals surface area (Å²) in [6.45, 7) is 11.1. The first-order valence-corrected chi connectivity index (χ1v) is 14.3. The number of fused-ring (bicyclic) bond motifs is 1. The first-order chi connectivity index (χ1) is 19.4. The van der Waals surface area contributed by atoms with Gasteiger partial charge in [0.1, 0.15) is 57.7 Å². The fourth-order valence-electron chi connectivity index (χ4n) is 4.67. The van der Waals surface area contributed by atoms with Crippen LogP contribution in [0.15, 0.2) is 17.3 Å². The first kappa shape index (κ1) is 28.2. The van der Waals surface area contributed by atoms with Gasteiger partial charge in [0, 0.05) is 10.9 Å². The Kier molecular flexibility index (Phi) is 7.05. The summed E-state index contributed by atoms with van der Waals surface area (Å²) in [4.78, 5) is 21.4. The first-order valence-electron chi connectivity index (χ1n) is 12.3. The third-order valence-electron chi connectivity index (χ3n) is 6.18. The summed E-state index contributed by atoms with van der Waals surface area (Å²) in [5.41, 5.74) is -1.34. The molecule has 1 atom stereocenters. The van der Waals surface area contributed by atoms with Gasteiger partial charge in [-0.15, -0.1) is 11.3 Å². The normalized spacial score (nSPS) is 14.8. The molecule has 0 spiro atoms. The van der Waals surface area contributed by atoms with Crippen molar-refractivity contribution in [3.63, 3.8) is 0 Å². The number of thiophene rings is 1. The third kappa shape index (κ3) is 4.81. The molecule has 5 rings (SSSR count). The molecule has 1 aliphatic rings. The minimum absolute atomic E-state index is 0.00855. The lowest BCUT2D eigenvalue weighted by Crippen LogP contribution is -2.27. The van der Waals surface area contributed by atoms with Crippen LogP contribution in [0.3, 0.4) is 0 Å². The Morgan fingerprint density at radius 3 is 2.59 bits per heavy atom. The van der Waals surface area contributed by atoms with Gasteiger partial charge >= 0.3 is 17.1 Å². The number of aromatic nitrogens is 2. The Morgan fingerprint density at radius 2 is 1.95 bits per heavy atom. The molecular weight excluding hydrogens is 570 g/mol. The number of halogens is 2. The van der Waals surface area contributed by atoms with Crippen molar-refractivity contribution in [1.82, 2.24) is 9.97 Å². The van der Waals surface area contributed by atoms with E-state index in [-0.39, 0.29) is 59.1 Å². The molecule has 3 heterocycles. The lowest BCUT2D eigenvalue weighted by atomic mass is 9.92. The molecule has 208 valence electrons. The number of thioether (sulfide) groups is 1. The van der Waals surface area contributed by atoms with Gasteiger partial charge in [-0.05, 0) is 50.6 Å². The number of carbonyl (C=O) groups is 1. The molecule has 9 nitrogen and oxygen atoms in total. The number of amides is 1. The van der Waals surface area contributed by atoms with Crippen LogP contribution in [0.5, 0.6) is 5.75 Å². The fraction of sp³-hybridized carbons (Fsp3) is 0.286. The summed E-state index contributed by atoms with van der Waals surface area (Å²) in [5.74, 6) is -1.18. The largest absolute Gasteiger partial charge is 0.484 e. The zero-order valence-electron chi connectivity index (χ0n) is 22.7. The highest BCUT2D eigenvalue weighted by atomic mass is 32.2. The Balaban J connectivity index is 1.87. The van der Waals surface area contributed by atoms with Gasteiger partial charge < -0.3 is 9.47 Å². The van der Waals surface area contributed by atoms with Crippen LogP contribution in [-0.2, 0) is 4.74 Å². The van der Waals surface area contributed by atoms with E-state index in [1.807, 2.05) is 6.07 Å². The molecule has 4 aromatic rings. The summed E-state index contributed by atoms with van der Waals surface area (Å²) in [7, 11) is 0. The molecule has 1 N–H and O–H groups in total. The Hall–Kier alpha value is -4.33. The molecule has 0 radical (unpaired) electrons. The quantitative estimate of drug-likeness (QED) is 0.158. The molecule has 0 bridgehead atoms. The SMILES string of the molecule is C=[N+]1C[C@H](C)Oc2c(C#N)c(-c3ccc(F)c4sc(NC(=O)OC(C)(C)C)c(C#N)c34)c(F)c3nc(SC)nc1c23. The van der Waals surface area contributed by atoms with Crippen molar-refractivity contribution in [2.45, 2.75) is 44.6 Å². The predicted octanol–water partition coefficient (Wildman–Crippen LogP) is 6.73. The minimum Gasteiger partial charge on any atom is -0.484 e. The lowest BCUT2D eigenvalue weighted by molar-refractivity contribution is -0.441. The van der Waals surface area contributed by atoms with Gasteiger partial charge in [-0.2, -0.15) is 15.5 Å². The molecule has 0 unspecified atom stereocenters. The van der Waals surface area contributed by atoms with Gasteiger partial charge in [-0.1, -0.05) is 17.8 Å². The Labute approximate surface area is 242 Å². The van der Waals surface area contributed by atoms with E-state index >= 15 is 8.78 Å². The number of hydrogen-bond donors (Lipinski definition) is 1. The van der Waals surface area contributed by atoms with E-state index in [2.05, 4.69) is 28.1 Å². The van der Waals surface area contributed by atoms with Gasteiger partial charge in [-0.3, -0.25) is 5.32 Å². The molecule has 1 aliphatic heterocycles. The number of benzene rings is 2. The molecule has 13 heteroatoms. The van der Waals surface area contributed by atoms with Crippen molar-refractivity contribution < 1.29 is 27.6 Å². The van der Waals surface area contributed by atoms with Crippen molar-refractivity contribution in [1.29, 1.82) is 10.5 Å². The molecule has 2 aromatic heterocycles. The number of nitrogens with one attached hydrogen (secondary N) is 1. The van der Waals surface area contributed by atoms with Crippen LogP contribution in [0.4, 0.5) is 24.4 Å². The van der Waals surface area contributed by atoms with Crippen molar-refractivity contribution in [2.24, 2.45) is 0 Å². The minimum atomic E-state index is -0.865. The summed E-state index contributed by atoms with van der Waals surface area (Å²) in [5, 5.41) is 23.5. The fourth-order valence-corrected chi connectivity index (χ4v) is 6.10. The van der Waals surface area contributed by atoms with Crippen LogP contribution in [-0.4, -0.2) is 51.9 Å². The monoisotopic (exact) mass is 593 g/mol. The smallest absolute Gasteiger partial charge is 0.412 e. The number of ether oxygens (including phenoxy) is 2. The zero-order chi connectivity index (χ0) is 29.8. The van der Waals surface area contributed by atoms with E-state index in [1.54, 1.807) is 38.5 Å². The number of rotatable bonds is 3. The molecular formula is C28H23F2N6O3S2+. The van der Waals surface area contributed by atoms with Gasteiger partial charge in [-0.25, -0.2) is 18.2 Å². The van der Waals surface area contributed by atoms with Crippen LogP contribution in [0.1, 0.15) is 38.8 Å². The predicted molar refractivity (Wildman–Crippen MR) is 153 cm³/mol. The van der Waals surface area contributed by atoms with Gasteiger partial charge in [0.05, 0.1) is 17.0 Å². The Bertz CT molecular complexity index is 1890. The van der Waals surface area contributed by atoms with E-state index in [1.165, 1.54) is 17.8 Å². The maximum absolute atomic E-state index is 16.7. The Morgan fingerprint density at radius 1 is 1.24 bits per heavy atom.